The van der Waals surface area contributed by atoms with Gasteiger partial charge in [-0.25, -0.2) is 0 Å². The fourth-order valence-corrected chi connectivity index (χ4v) is 4.94. The van der Waals surface area contributed by atoms with Crippen LogP contribution in [0.5, 0.6) is 0 Å². The van der Waals surface area contributed by atoms with Crippen LogP contribution in [-0.4, -0.2) is 46.4 Å². The molecule has 5 rings (SSSR count). The Balaban J connectivity index is 1.45. The monoisotopic (exact) mass is 421 g/mol. The first-order chi connectivity index (χ1) is 14.5. The standard InChI is InChI=1S/C22H19N3O4S/c1-24-17-6-2-3-7-18(17)30-22(24)23-19(26)13-8-9-15-16(11-13)21(28)25(20(15)27)12-14-5-4-10-29-14/h2-3,6-9,11,14H,4-5,10,12H2,1H3. The quantitative estimate of drug-likeness (QED) is 0.609. The predicted octanol–water partition coefficient (Wildman–Crippen LogP) is 2.76. The van der Waals surface area contributed by atoms with Crippen LogP contribution < -0.4 is 4.80 Å². The van der Waals surface area contributed by atoms with Gasteiger partial charge in [-0.15, -0.1) is 0 Å². The average Bonchev–Trinajstić information content (AvgIpc) is 3.44. The predicted molar refractivity (Wildman–Crippen MR) is 111 cm³/mol. The van der Waals surface area contributed by atoms with Crippen LogP contribution in [0.15, 0.2) is 47.5 Å². The van der Waals surface area contributed by atoms with E-state index in [0.29, 0.717) is 17.0 Å². The normalized spacial score (nSPS) is 19.2. The van der Waals surface area contributed by atoms with Gasteiger partial charge in [-0.05, 0) is 43.2 Å². The summed E-state index contributed by atoms with van der Waals surface area (Å²) in [7, 11) is 1.86. The summed E-state index contributed by atoms with van der Waals surface area (Å²) in [5.74, 6) is -1.16. The number of fused-ring (bicyclic) bond motifs is 2. The molecule has 7 nitrogen and oxygen atoms in total. The molecule has 3 heterocycles. The molecular formula is C22H19N3O4S. The fourth-order valence-electron chi connectivity index (χ4n) is 3.92. The smallest absolute Gasteiger partial charge is 0.279 e. The van der Waals surface area contributed by atoms with E-state index >= 15 is 0 Å². The van der Waals surface area contributed by atoms with Gasteiger partial charge in [0.15, 0.2) is 4.80 Å². The number of imide groups is 1. The van der Waals surface area contributed by atoms with Crippen molar-refractivity contribution in [3.63, 3.8) is 0 Å². The molecule has 0 spiro atoms. The number of hydrogen-bond donors (Lipinski definition) is 0. The molecule has 2 aliphatic heterocycles. The van der Waals surface area contributed by atoms with Crippen molar-refractivity contribution in [3.05, 3.63) is 64.0 Å². The number of carbonyl (C=O) groups excluding carboxylic acids is 3. The Morgan fingerprint density at radius 2 is 1.97 bits per heavy atom. The van der Waals surface area contributed by atoms with E-state index in [-0.39, 0.29) is 35.6 Å². The van der Waals surface area contributed by atoms with Crippen molar-refractivity contribution in [2.75, 3.05) is 13.2 Å². The third-order valence-corrected chi connectivity index (χ3v) is 6.65. The summed E-state index contributed by atoms with van der Waals surface area (Å²) >= 11 is 1.42. The Kier molecular flexibility index (Phi) is 4.60. The molecule has 3 amide bonds. The fraction of sp³-hybridized carbons (Fsp3) is 0.273. The minimum absolute atomic E-state index is 0.115. The molecule has 1 unspecified atom stereocenters. The first-order valence-electron chi connectivity index (χ1n) is 9.78. The Labute approximate surface area is 176 Å². The Morgan fingerprint density at radius 3 is 2.73 bits per heavy atom. The first kappa shape index (κ1) is 18.9. The van der Waals surface area contributed by atoms with Crippen molar-refractivity contribution in [2.45, 2.75) is 18.9 Å². The number of amides is 3. The molecule has 2 aliphatic rings. The van der Waals surface area contributed by atoms with Gasteiger partial charge >= 0.3 is 0 Å². The zero-order chi connectivity index (χ0) is 20.8. The second-order valence-electron chi connectivity index (χ2n) is 7.44. The third-order valence-electron chi connectivity index (χ3n) is 5.54. The lowest BCUT2D eigenvalue weighted by atomic mass is 10.1. The summed E-state index contributed by atoms with van der Waals surface area (Å²) in [6.07, 6.45) is 1.65. The van der Waals surface area contributed by atoms with Crippen LogP contribution in [0, 0.1) is 0 Å². The summed E-state index contributed by atoms with van der Waals surface area (Å²) in [4.78, 5) is 44.3. The molecule has 1 saturated heterocycles. The maximum atomic E-state index is 12.8. The Morgan fingerprint density at radius 1 is 1.17 bits per heavy atom. The molecule has 152 valence electrons. The number of hydrogen-bond acceptors (Lipinski definition) is 5. The van der Waals surface area contributed by atoms with Gasteiger partial charge in [0.2, 0.25) is 0 Å². The van der Waals surface area contributed by atoms with Gasteiger partial charge in [0.05, 0.1) is 34.0 Å². The van der Waals surface area contributed by atoms with Gasteiger partial charge in [0, 0.05) is 19.2 Å². The van der Waals surface area contributed by atoms with Gasteiger partial charge in [-0.2, -0.15) is 4.99 Å². The van der Waals surface area contributed by atoms with Gasteiger partial charge in [0.1, 0.15) is 0 Å². The maximum absolute atomic E-state index is 12.8. The number of rotatable bonds is 3. The van der Waals surface area contributed by atoms with Gasteiger partial charge in [-0.1, -0.05) is 23.5 Å². The largest absolute Gasteiger partial charge is 0.376 e. The summed E-state index contributed by atoms with van der Waals surface area (Å²) in [6, 6.07) is 12.4. The summed E-state index contributed by atoms with van der Waals surface area (Å²) in [5.41, 5.74) is 1.85. The van der Waals surface area contributed by atoms with Crippen LogP contribution in [0.25, 0.3) is 10.2 Å². The van der Waals surface area contributed by atoms with E-state index < -0.39 is 5.91 Å². The van der Waals surface area contributed by atoms with E-state index in [4.69, 9.17) is 4.74 Å². The number of para-hydroxylation sites is 1. The second kappa shape index (κ2) is 7.30. The van der Waals surface area contributed by atoms with Crippen molar-refractivity contribution in [1.82, 2.24) is 9.47 Å². The van der Waals surface area contributed by atoms with Crippen LogP contribution in [0.2, 0.25) is 0 Å². The molecule has 0 saturated carbocycles. The molecule has 1 atom stereocenters. The van der Waals surface area contributed by atoms with Gasteiger partial charge in [-0.3, -0.25) is 19.3 Å². The lowest BCUT2D eigenvalue weighted by Gasteiger charge is -2.17. The van der Waals surface area contributed by atoms with E-state index in [1.54, 1.807) is 12.1 Å². The first-order valence-corrected chi connectivity index (χ1v) is 10.6. The van der Waals surface area contributed by atoms with Crippen LogP contribution in [0.3, 0.4) is 0 Å². The minimum Gasteiger partial charge on any atom is -0.376 e. The maximum Gasteiger partial charge on any atom is 0.279 e. The van der Waals surface area contributed by atoms with Crippen molar-refractivity contribution < 1.29 is 19.1 Å². The topological polar surface area (TPSA) is 81.0 Å². The van der Waals surface area contributed by atoms with E-state index in [0.717, 1.165) is 23.1 Å². The average molecular weight is 421 g/mol. The van der Waals surface area contributed by atoms with Crippen LogP contribution in [-0.2, 0) is 11.8 Å². The lowest BCUT2D eigenvalue weighted by Crippen LogP contribution is -2.36. The van der Waals surface area contributed by atoms with Crippen molar-refractivity contribution in [2.24, 2.45) is 12.0 Å². The zero-order valence-corrected chi connectivity index (χ0v) is 17.1. The number of nitrogens with zero attached hydrogens (tertiary/aromatic N) is 3. The highest BCUT2D eigenvalue weighted by atomic mass is 32.1. The number of aryl methyl sites for hydroxylation is 1. The number of ether oxygens (including phenoxy) is 1. The Hall–Kier alpha value is -3.10. The highest BCUT2D eigenvalue weighted by Gasteiger charge is 2.37. The molecule has 0 N–H and O–H groups in total. The van der Waals surface area contributed by atoms with Gasteiger partial charge in [0.25, 0.3) is 17.7 Å². The summed E-state index contributed by atoms with van der Waals surface area (Å²) in [5, 5.41) is 0. The Bertz CT molecular complexity index is 1270. The molecule has 8 heteroatoms. The number of aromatic nitrogens is 1. The molecular weight excluding hydrogens is 402 g/mol. The van der Waals surface area contributed by atoms with E-state index in [2.05, 4.69) is 4.99 Å². The molecule has 30 heavy (non-hydrogen) atoms. The summed E-state index contributed by atoms with van der Waals surface area (Å²) < 4.78 is 8.46. The molecule has 0 aliphatic carbocycles. The zero-order valence-electron chi connectivity index (χ0n) is 16.3. The highest BCUT2D eigenvalue weighted by Crippen LogP contribution is 2.26. The SMILES string of the molecule is Cn1c(=NC(=O)c2ccc3c(c2)C(=O)N(CC2CCCO2)C3=O)sc2ccccc21. The van der Waals surface area contributed by atoms with Gasteiger partial charge < -0.3 is 9.30 Å². The van der Waals surface area contributed by atoms with E-state index in [1.165, 1.54) is 22.3 Å². The molecule has 0 bridgehead atoms. The second-order valence-corrected chi connectivity index (χ2v) is 8.45. The number of thiazole rings is 1. The molecule has 2 aromatic carbocycles. The minimum atomic E-state index is -0.446. The van der Waals surface area contributed by atoms with Crippen LogP contribution >= 0.6 is 11.3 Å². The van der Waals surface area contributed by atoms with Crippen LogP contribution in [0.1, 0.15) is 43.9 Å². The van der Waals surface area contributed by atoms with Crippen molar-refractivity contribution in [1.29, 1.82) is 0 Å². The number of benzene rings is 2. The highest BCUT2D eigenvalue weighted by molar-refractivity contribution is 7.16. The van der Waals surface area contributed by atoms with Crippen LogP contribution in [0.4, 0.5) is 0 Å². The molecule has 1 fully saturated rings. The van der Waals surface area contributed by atoms with Crippen molar-refractivity contribution >= 4 is 39.3 Å². The third kappa shape index (κ3) is 3.09. The molecule has 0 radical (unpaired) electrons. The lowest BCUT2D eigenvalue weighted by molar-refractivity contribution is 0.0475. The molecule has 1 aromatic heterocycles. The van der Waals surface area contributed by atoms with E-state index in [1.807, 2.05) is 35.9 Å². The molecule has 3 aromatic rings. The van der Waals surface area contributed by atoms with E-state index in [9.17, 15) is 14.4 Å². The summed E-state index contributed by atoms with van der Waals surface area (Å²) in [6.45, 7) is 0.904. The number of carbonyl (C=O) groups is 3. The van der Waals surface area contributed by atoms with Crippen molar-refractivity contribution in [3.8, 4) is 0 Å².